The van der Waals surface area contributed by atoms with E-state index in [1.165, 1.54) is 5.39 Å². The summed E-state index contributed by atoms with van der Waals surface area (Å²) in [5.41, 5.74) is 7.98. The molecule has 0 aliphatic heterocycles. The number of hydrogen-bond acceptors (Lipinski definition) is 0. The zero-order valence-corrected chi connectivity index (χ0v) is 7.93. The quantitative estimate of drug-likeness (QED) is 0.649. The third-order valence-electron chi connectivity index (χ3n) is 1.80. The predicted octanol–water partition coefficient (Wildman–Crippen LogP) is 3.52. The molecule has 2 rings (SSSR count). The lowest BCUT2D eigenvalue weighted by atomic mass is 10.1. The number of halogens is 1. The lowest BCUT2D eigenvalue weighted by Gasteiger charge is -1.98. The molecule has 2 aromatic carbocycles. The molecule has 0 saturated carbocycles. The van der Waals surface area contributed by atoms with Crippen LogP contribution >= 0.6 is 15.9 Å². The lowest BCUT2D eigenvalue weighted by Crippen LogP contribution is -1.73. The van der Waals surface area contributed by atoms with E-state index in [9.17, 15) is 0 Å². The van der Waals surface area contributed by atoms with Crippen molar-refractivity contribution in [2.24, 2.45) is 0 Å². The molecule has 2 aromatic rings. The third kappa shape index (κ3) is 1.30. The van der Waals surface area contributed by atoms with E-state index in [4.69, 9.17) is 5.73 Å². The molecule has 0 aliphatic rings. The average molecular weight is 221 g/mol. The van der Waals surface area contributed by atoms with Crippen molar-refractivity contribution in [3.63, 3.8) is 0 Å². The van der Waals surface area contributed by atoms with E-state index < -0.39 is 0 Å². The minimum absolute atomic E-state index is 0.560. The van der Waals surface area contributed by atoms with Gasteiger partial charge in [0.05, 0.1) is 5.69 Å². The zero-order chi connectivity index (χ0) is 8.55. The molecule has 2 heteroatoms. The Hall–Kier alpha value is -1.02. The monoisotopic (exact) mass is 220 g/mol. The highest BCUT2D eigenvalue weighted by Gasteiger charge is 1.94. The fourth-order valence-electron chi connectivity index (χ4n) is 1.22. The molecule has 0 bridgehead atoms. The van der Waals surface area contributed by atoms with Crippen LogP contribution in [0.4, 0.5) is 5.69 Å². The highest BCUT2D eigenvalue weighted by molar-refractivity contribution is 9.10. The number of hydrogen-bond donors (Lipinski definition) is 0. The van der Waals surface area contributed by atoms with Gasteiger partial charge < -0.3 is 5.73 Å². The molecule has 0 saturated heterocycles. The lowest BCUT2D eigenvalue weighted by molar-refractivity contribution is 1.51. The number of nitrogens with one attached hydrogen (secondary N) is 1. The van der Waals surface area contributed by atoms with Crippen molar-refractivity contribution in [1.29, 1.82) is 0 Å². The van der Waals surface area contributed by atoms with Gasteiger partial charge in [0.2, 0.25) is 0 Å². The second kappa shape index (κ2) is 2.79. The number of benzene rings is 2. The van der Waals surface area contributed by atoms with E-state index in [1.807, 2.05) is 24.3 Å². The minimum atomic E-state index is 0.560. The Morgan fingerprint density at radius 2 is 1.58 bits per heavy atom. The summed E-state index contributed by atoms with van der Waals surface area (Å²) >= 11 is 3.40. The van der Waals surface area contributed by atoms with Gasteiger partial charge >= 0.3 is 0 Å². The molecule has 0 unspecified atom stereocenters. The van der Waals surface area contributed by atoms with E-state index in [1.54, 1.807) is 6.07 Å². The van der Waals surface area contributed by atoms with Gasteiger partial charge in [-0.05, 0) is 35.0 Å². The van der Waals surface area contributed by atoms with Gasteiger partial charge in [0, 0.05) is 4.47 Å². The van der Waals surface area contributed by atoms with Crippen LogP contribution in [0.3, 0.4) is 0 Å². The van der Waals surface area contributed by atoms with Crippen molar-refractivity contribution < 1.29 is 0 Å². The Morgan fingerprint density at radius 3 is 2.42 bits per heavy atom. The predicted molar refractivity (Wildman–Crippen MR) is 54.4 cm³/mol. The Morgan fingerprint density at radius 1 is 0.917 bits per heavy atom. The van der Waals surface area contributed by atoms with E-state index in [0.717, 1.165) is 9.86 Å². The second-order valence-corrected chi connectivity index (χ2v) is 3.62. The molecule has 0 fully saturated rings. The van der Waals surface area contributed by atoms with Crippen molar-refractivity contribution in [2.45, 2.75) is 0 Å². The molecule has 0 amide bonds. The van der Waals surface area contributed by atoms with E-state index >= 15 is 0 Å². The van der Waals surface area contributed by atoms with Crippen LogP contribution in [-0.4, -0.2) is 0 Å². The number of rotatable bonds is 0. The van der Waals surface area contributed by atoms with Crippen LogP contribution in [0.15, 0.2) is 40.9 Å². The fraction of sp³-hybridized carbons (Fsp3) is 0. The van der Waals surface area contributed by atoms with E-state index in [2.05, 4.69) is 22.0 Å². The molecule has 0 heterocycles. The largest absolute Gasteiger partial charge is 0.301 e. The maximum atomic E-state index is 7.42. The van der Waals surface area contributed by atoms with Crippen molar-refractivity contribution in [1.82, 2.24) is 5.73 Å². The molecule has 1 N–H and O–H groups in total. The highest BCUT2D eigenvalue weighted by Crippen LogP contribution is 2.21. The van der Waals surface area contributed by atoms with Gasteiger partial charge in [-0.1, -0.05) is 28.1 Å². The van der Waals surface area contributed by atoms with Crippen molar-refractivity contribution in [2.75, 3.05) is 0 Å². The Kier molecular flexibility index (Phi) is 1.77. The second-order valence-electron chi connectivity index (χ2n) is 2.71. The molecule has 0 aromatic heterocycles. The fourth-order valence-corrected chi connectivity index (χ4v) is 1.60. The molecule has 1 radical (unpaired) electrons. The SMILES string of the molecule is [NH]c1ccc2cc(Br)ccc2c1. The van der Waals surface area contributed by atoms with Gasteiger partial charge in [0.15, 0.2) is 0 Å². The van der Waals surface area contributed by atoms with E-state index in [0.29, 0.717) is 5.69 Å². The van der Waals surface area contributed by atoms with Crippen LogP contribution in [-0.2, 0) is 0 Å². The summed E-state index contributed by atoms with van der Waals surface area (Å²) in [7, 11) is 0. The van der Waals surface area contributed by atoms with Gasteiger partial charge in [0.1, 0.15) is 0 Å². The van der Waals surface area contributed by atoms with Crippen molar-refractivity contribution in [3.8, 4) is 0 Å². The summed E-state index contributed by atoms with van der Waals surface area (Å²) in [6.07, 6.45) is 0. The summed E-state index contributed by atoms with van der Waals surface area (Å²) in [4.78, 5) is 0. The van der Waals surface area contributed by atoms with Crippen LogP contribution in [0.25, 0.3) is 10.8 Å². The van der Waals surface area contributed by atoms with Crippen molar-refractivity contribution in [3.05, 3.63) is 40.9 Å². The Balaban J connectivity index is 2.79. The Bertz CT molecular complexity index is 382. The van der Waals surface area contributed by atoms with Gasteiger partial charge in [-0.15, -0.1) is 0 Å². The molecular weight excluding hydrogens is 214 g/mol. The van der Waals surface area contributed by atoms with Gasteiger partial charge in [-0.25, -0.2) is 0 Å². The summed E-state index contributed by atoms with van der Waals surface area (Å²) in [5.74, 6) is 0. The first-order chi connectivity index (χ1) is 5.75. The first-order valence-electron chi connectivity index (χ1n) is 3.67. The van der Waals surface area contributed by atoms with Gasteiger partial charge in [-0.3, -0.25) is 0 Å². The van der Waals surface area contributed by atoms with Crippen LogP contribution in [0, 0.1) is 0 Å². The minimum Gasteiger partial charge on any atom is -0.301 e. The van der Waals surface area contributed by atoms with Crippen LogP contribution in [0.1, 0.15) is 0 Å². The molecule has 0 spiro atoms. The first kappa shape index (κ1) is 7.62. The number of fused-ring (bicyclic) bond motifs is 1. The first-order valence-corrected chi connectivity index (χ1v) is 4.46. The molecule has 0 aliphatic carbocycles. The average Bonchev–Trinajstić information content (AvgIpc) is 2.05. The van der Waals surface area contributed by atoms with Gasteiger partial charge in [0.25, 0.3) is 0 Å². The Labute approximate surface area is 79.3 Å². The highest BCUT2D eigenvalue weighted by atomic mass is 79.9. The van der Waals surface area contributed by atoms with Gasteiger partial charge in [-0.2, -0.15) is 0 Å². The van der Waals surface area contributed by atoms with Crippen LogP contribution < -0.4 is 5.73 Å². The zero-order valence-electron chi connectivity index (χ0n) is 6.34. The smallest absolute Gasteiger partial charge is 0.0546 e. The van der Waals surface area contributed by atoms with Crippen LogP contribution in [0.2, 0.25) is 0 Å². The maximum absolute atomic E-state index is 7.42. The van der Waals surface area contributed by atoms with Crippen molar-refractivity contribution >= 4 is 32.4 Å². The molecular formula is C10H7BrN. The third-order valence-corrected chi connectivity index (χ3v) is 2.30. The summed E-state index contributed by atoms with van der Waals surface area (Å²) in [6.45, 7) is 0. The molecule has 59 valence electrons. The van der Waals surface area contributed by atoms with E-state index in [-0.39, 0.29) is 0 Å². The standard InChI is InChI=1S/C10H7BrN/c11-9-3-1-8-6-10(12)4-2-7(8)5-9/h1-6,12H. The molecule has 12 heavy (non-hydrogen) atoms. The normalized spacial score (nSPS) is 10.4. The topological polar surface area (TPSA) is 23.8 Å². The summed E-state index contributed by atoms with van der Waals surface area (Å²) in [5, 5.41) is 2.28. The summed E-state index contributed by atoms with van der Waals surface area (Å²) in [6, 6.07) is 11.7. The summed E-state index contributed by atoms with van der Waals surface area (Å²) < 4.78 is 1.08. The molecule has 0 atom stereocenters. The van der Waals surface area contributed by atoms with Crippen LogP contribution in [0.5, 0.6) is 0 Å². The molecule has 1 nitrogen and oxygen atoms in total. The maximum Gasteiger partial charge on any atom is 0.0546 e.